The minimum Gasteiger partial charge on any atom is -0.494 e. The van der Waals surface area contributed by atoms with Crippen LogP contribution in [0, 0.1) is 6.92 Å². The van der Waals surface area contributed by atoms with Crippen LogP contribution in [-0.4, -0.2) is 50.9 Å². The van der Waals surface area contributed by atoms with Crippen molar-refractivity contribution in [2.45, 2.75) is 58.0 Å². The molecule has 0 bridgehead atoms. The second-order valence-corrected chi connectivity index (χ2v) is 12.4. The first-order valence-electron chi connectivity index (χ1n) is 13.7. The summed E-state index contributed by atoms with van der Waals surface area (Å²) in [7, 11) is -4.15. The number of anilines is 1. The average molecular weight is 645 g/mol. The van der Waals surface area contributed by atoms with Gasteiger partial charge in [0, 0.05) is 17.6 Å². The van der Waals surface area contributed by atoms with Crippen LogP contribution in [0.3, 0.4) is 0 Å². The highest BCUT2D eigenvalue weighted by atomic mass is 79.9. The first-order chi connectivity index (χ1) is 19.6. The van der Waals surface area contributed by atoms with Gasteiger partial charge in [0.15, 0.2) is 0 Å². The van der Waals surface area contributed by atoms with Crippen LogP contribution in [0.4, 0.5) is 5.69 Å². The van der Waals surface area contributed by atoms with Crippen LogP contribution in [-0.2, 0) is 26.2 Å². The Morgan fingerprint density at radius 2 is 1.63 bits per heavy atom. The summed E-state index contributed by atoms with van der Waals surface area (Å²) in [5, 5.41) is 2.90. The van der Waals surface area contributed by atoms with Crippen molar-refractivity contribution in [1.82, 2.24) is 10.2 Å². The minimum atomic E-state index is -4.15. The van der Waals surface area contributed by atoms with Gasteiger partial charge in [-0.05, 0) is 86.8 Å². The number of carbonyl (C=O) groups excluding carboxylic acids is 2. The van der Waals surface area contributed by atoms with Gasteiger partial charge in [-0.15, -0.1) is 0 Å². The first kappa shape index (κ1) is 32.1. The van der Waals surface area contributed by atoms with E-state index in [1.54, 1.807) is 43.3 Å². The Hall–Kier alpha value is -3.37. The minimum absolute atomic E-state index is 0.0400. The molecule has 1 N–H and O–H groups in total. The molecule has 220 valence electrons. The molecule has 1 atom stereocenters. The van der Waals surface area contributed by atoms with Gasteiger partial charge in [0.25, 0.3) is 10.0 Å². The van der Waals surface area contributed by atoms with E-state index in [9.17, 15) is 18.0 Å². The number of halogens is 1. The molecule has 1 unspecified atom stereocenters. The number of aryl methyl sites for hydroxylation is 1. The lowest BCUT2D eigenvalue weighted by molar-refractivity contribution is -0.139. The third kappa shape index (κ3) is 8.56. The van der Waals surface area contributed by atoms with Gasteiger partial charge in [-0.25, -0.2) is 8.42 Å². The van der Waals surface area contributed by atoms with Crippen LogP contribution in [0.5, 0.6) is 5.75 Å². The van der Waals surface area contributed by atoms with Crippen molar-refractivity contribution in [1.29, 1.82) is 0 Å². The molecule has 10 heteroatoms. The Labute approximate surface area is 251 Å². The molecule has 41 heavy (non-hydrogen) atoms. The van der Waals surface area contributed by atoms with Crippen LogP contribution in [0.1, 0.15) is 44.7 Å². The van der Waals surface area contributed by atoms with Crippen LogP contribution >= 0.6 is 15.9 Å². The van der Waals surface area contributed by atoms with E-state index in [-0.39, 0.29) is 17.3 Å². The summed E-state index contributed by atoms with van der Waals surface area (Å²) >= 11 is 3.34. The zero-order valence-electron chi connectivity index (χ0n) is 24.0. The lowest BCUT2D eigenvalue weighted by Gasteiger charge is -2.32. The Morgan fingerprint density at radius 1 is 0.976 bits per heavy atom. The van der Waals surface area contributed by atoms with Gasteiger partial charge in [0.05, 0.1) is 17.2 Å². The number of hydrogen-bond donors (Lipinski definition) is 1. The van der Waals surface area contributed by atoms with Gasteiger partial charge < -0.3 is 15.0 Å². The van der Waals surface area contributed by atoms with E-state index >= 15 is 0 Å². The maximum absolute atomic E-state index is 14.0. The molecule has 3 aromatic rings. The van der Waals surface area contributed by atoms with Gasteiger partial charge in [-0.2, -0.15) is 0 Å². The van der Waals surface area contributed by atoms with Crippen LogP contribution in [0.25, 0.3) is 0 Å². The number of benzene rings is 3. The zero-order chi connectivity index (χ0) is 30.0. The Bertz CT molecular complexity index is 1410. The van der Waals surface area contributed by atoms with E-state index in [4.69, 9.17) is 4.74 Å². The van der Waals surface area contributed by atoms with Crippen molar-refractivity contribution in [3.8, 4) is 5.75 Å². The summed E-state index contributed by atoms with van der Waals surface area (Å²) in [6, 6.07) is 19.6. The Kier molecular flexibility index (Phi) is 11.8. The van der Waals surface area contributed by atoms with Crippen LogP contribution in [0.15, 0.2) is 82.2 Å². The molecule has 2 amide bonds. The summed E-state index contributed by atoms with van der Waals surface area (Å²) in [5.41, 5.74) is 2.15. The number of nitrogens with one attached hydrogen (secondary N) is 1. The number of nitrogens with zero attached hydrogens (tertiary/aromatic N) is 2. The van der Waals surface area contributed by atoms with Gasteiger partial charge in [0.2, 0.25) is 11.8 Å². The lowest BCUT2D eigenvalue weighted by Crippen LogP contribution is -2.51. The van der Waals surface area contributed by atoms with Crippen LogP contribution < -0.4 is 14.4 Å². The first-order valence-corrected chi connectivity index (χ1v) is 15.9. The van der Waals surface area contributed by atoms with Gasteiger partial charge in [-0.3, -0.25) is 13.9 Å². The van der Waals surface area contributed by atoms with Crippen molar-refractivity contribution in [3.05, 3.63) is 88.4 Å². The molecule has 0 saturated carbocycles. The monoisotopic (exact) mass is 643 g/mol. The van der Waals surface area contributed by atoms with Crippen molar-refractivity contribution >= 4 is 43.5 Å². The maximum atomic E-state index is 14.0. The van der Waals surface area contributed by atoms with Gasteiger partial charge >= 0.3 is 0 Å². The topological polar surface area (TPSA) is 96.0 Å². The SMILES string of the molecule is CCCCNC(=O)C(C)N(Cc1ccccc1C)C(=O)CN(c1ccc(OCC)cc1)S(=O)(=O)c1ccc(Br)cc1. The van der Waals surface area contributed by atoms with Crippen molar-refractivity contribution in [2.24, 2.45) is 0 Å². The summed E-state index contributed by atoms with van der Waals surface area (Å²) in [5.74, 6) is -0.202. The molecule has 3 aromatic carbocycles. The molecule has 0 heterocycles. The third-order valence-corrected chi connectivity index (χ3v) is 9.03. The van der Waals surface area contributed by atoms with E-state index < -0.39 is 28.5 Å². The van der Waals surface area contributed by atoms with Gasteiger partial charge in [0.1, 0.15) is 18.3 Å². The molecule has 3 rings (SSSR count). The molecular weight excluding hydrogens is 606 g/mol. The fourth-order valence-corrected chi connectivity index (χ4v) is 5.91. The molecule has 0 aromatic heterocycles. The second kappa shape index (κ2) is 15.0. The zero-order valence-corrected chi connectivity index (χ0v) is 26.4. The fourth-order valence-electron chi connectivity index (χ4n) is 4.23. The number of carbonyl (C=O) groups is 2. The summed E-state index contributed by atoms with van der Waals surface area (Å²) in [6.45, 7) is 8.13. The van der Waals surface area contributed by atoms with E-state index in [1.165, 1.54) is 17.0 Å². The largest absolute Gasteiger partial charge is 0.494 e. The van der Waals surface area contributed by atoms with Crippen LogP contribution in [0.2, 0.25) is 0 Å². The highest BCUT2D eigenvalue weighted by Crippen LogP contribution is 2.27. The van der Waals surface area contributed by atoms with Crippen molar-refractivity contribution in [3.63, 3.8) is 0 Å². The molecule has 0 spiro atoms. The number of unbranched alkanes of at least 4 members (excludes halogenated alkanes) is 1. The maximum Gasteiger partial charge on any atom is 0.264 e. The summed E-state index contributed by atoms with van der Waals surface area (Å²) < 4.78 is 35.2. The number of sulfonamides is 1. The highest BCUT2D eigenvalue weighted by molar-refractivity contribution is 9.10. The molecule has 0 aliphatic rings. The third-order valence-electron chi connectivity index (χ3n) is 6.72. The summed E-state index contributed by atoms with van der Waals surface area (Å²) in [4.78, 5) is 28.6. The second-order valence-electron chi connectivity index (χ2n) is 9.66. The lowest BCUT2D eigenvalue weighted by atomic mass is 10.1. The molecule has 0 aliphatic heterocycles. The van der Waals surface area contributed by atoms with Crippen molar-refractivity contribution < 1.29 is 22.7 Å². The van der Waals surface area contributed by atoms with E-state index in [0.29, 0.717) is 24.6 Å². The molecule has 0 saturated heterocycles. The predicted molar refractivity (Wildman–Crippen MR) is 165 cm³/mol. The van der Waals surface area contributed by atoms with Crippen molar-refractivity contribution in [2.75, 3.05) is 24.0 Å². The predicted octanol–water partition coefficient (Wildman–Crippen LogP) is 5.69. The number of hydrogen-bond acceptors (Lipinski definition) is 5. The standard InChI is InChI=1S/C31H38BrN3O5S/c1-5-7-20-33-31(37)24(4)34(21-25-11-9-8-10-23(25)3)30(36)22-35(27-14-16-28(17-15-27)40-6-2)41(38,39)29-18-12-26(32)13-19-29/h8-19,24H,5-7,20-22H2,1-4H3,(H,33,37). The molecular formula is C31H38BrN3O5S. The number of ether oxygens (including phenoxy) is 1. The van der Waals surface area contributed by atoms with Gasteiger partial charge in [-0.1, -0.05) is 53.5 Å². The normalized spacial score (nSPS) is 11.9. The van der Waals surface area contributed by atoms with E-state index in [0.717, 1.165) is 32.7 Å². The molecule has 0 aliphatic carbocycles. The Morgan fingerprint density at radius 3 is 2.24 bits per heavy atom. The van der Waals surface area contributed by atoms with E-state index in [2.05, 4.69) is 21.2 Å². The summed E-state index contributed by atoms with van der Waals surface area (Å²) in [6.07, 6.45) is 1.74. The molecule has 0 fully saturated rings. The Balaban J connectivity index is 2.01. The molecule has 8 nitrogen and oxygen atoms in total. The smallest absolute Gasteiger partial charge is 0.264 e. The van der Waals surface area contributed by atoms with E-state index in [1.807, 2.05) is 45.0 Å². The number of amides is 2. The quantitative estimate of drug-likeness (QED) is 0.228. The highest BCUT2D eigenvalue weighted by Gasteiger charge is 2.32. The molecule has 0 radical (unpaired) electrons. The average Bonchev–Trinajstić information content (AvgIpc) is 2.96. The fraction of sp³-hybridized carbons (Fsp3) is 0.355. The number of rotatable bonds is 14.